The number of amides is 1. The van der Waals surface area contributed by atoms with E-state index in [4.69, 9.17) is 5.73 Å². The fourth-order valence-electron chi connectivity index (χ4n) is 3.39. The highest BCUT2D eigenvalue weighted by Gasteiger charge is 2.29. The number of halogens is 1. The van der Waals surface area contributed by atoms with Crippen molar-refractivity contribution in [3.05, 3.63) is 22.4 Å². The minimum atomic E-state index is 0. The van der Waals surface area contributed by atoms with E-state index in [1.54, 1.807) is 11.3 Å². The van der Waals surface area contributed by atoms with Crippen molar-refractivity contribution in [1.82, 2.24) is 5.32 Å². The minimum Gasteiger partial charge on any atom is -0.348 e. The summed E-state index contributed by atoms with van der Waals surface area (Å²) in [4.78, 5) is 13.9. The molecule has 0 saturated heterocycles. The van der Waals surface area contributed by atoms with E-state index in [-0.39, 0.29) is 36.3 Å². The molecular weight excluding hydrogens is 316 g/mol. The molecule has 3 atom stereocenters. The van der Waals surface area contributed by atoms with Crippen LogP contribution in [0.5, 0.6) is 0 Å². The zero-order valence-electron chi connectivity index (χ0n) is 13.6. The molecule has 126 valence electrons. The number of thiophene rings is 1. The van der Waals surface area contributed by atoms with Crippen molar-refractivity contribution in [2.45, 2.75) is 64.5 Å². The molecule has 3 unspecified atom stereocenters. The largest absolute Gasteiger partial charge is 0.348 e. The Hall–Kier alpha value is -0.580. The van der Waals surface area contributed by atoms with Crippen LogP contribution in [0, 0.1) is 11.8 Å². The molecule has 22 heavy (non-hydrogen) atoms. The molecule has 1 heterocycles. The predicted octanol–water partition coefficient (Wildman–Crippen LogP) is 4.28. The summed E-state index contributed by atoms with van der Waals surface area (Å²) >= 11 is 1.74. The number of hydrogen-bond donors (Lipinski definition) is 2. The van der Waals surface area contributed by atoms with Crippen molar-refractivity contribution in [3.63, 3.8) is 0 Å². The summed E-state index contributed by atoms with van der Waals surface area (Å²) in [6.45, 7) is 4.41. The van der Waals surface area contributed by atoms with E-state index in [9.17, 15) is 4.79 Å². The van der Waals surface area contributed by atoms with Crippen LogP contribution in [0.1, 0.15) is 63.3 Å². The maximum absolute atomic E-state index is 12.6. The summed E-state index contributed by atoms with van der Waals surface area (Å²) < 4.78 is 0. The van der Waals surface area contributed by atoms with E-state index in [0.29, 0.717) is 5.92 Å². The van der Waals surface area contributed by atoms with Crippen LogP contribution in [-0.2, 0) is 4.79 Å². The van der Waals surface area contributed by atoms with Gasteiger partial charge in [-0.15, -0.1) is 23.7 Å². The van der Waals surface area contributed by atoms with E-state index in [1.807, 2.05) is 0 Å². The van der Waals surface area contributed by atoms with Gasteiger partial charge < -0.3 is 11.1 Å². The molecule has 0 bridgehead atoms. The van der Waals surface area contributed by atoms with Gasteiger partial charge in [0.2, 0.25) is 5.91 Å². The van der Waals surface area contributed by atoms with Crippen molar-refractivity contribution in [2.24, 2.45) is 17.6 Å². The molecule has 2 rings (SSSR count). The van der Waals surface area contributed by atoms with E-state index < -0.39 is 0 Å². The smallest absolute Gasteiger partial charge is 0.223 e. The fourth-order valence-corrected chi connectivity index (χ4v) is 4.26. The molecule has 3 N–H and O–H groups in total. The lowest BCUT2D eigenvalue weighted by atomic mass is 9.84. The molecule has 0 aliphatic heterocycles. The highest BCUT2D eigenvalue weighted by molar-refractivity contribution is 7.10. The third kappa shape index (κ3) is 4.97. The summed E-state index contributed by atoms with van der Waals surface area (Å²) in [7, 11) is 0. The van der Waals surface area contributed by atoms with Crippen LogP contribution in [-0.4, -0.2) is 11.9 Å². The molecule has 1 aliphatic rings. The molecular formula is C17H29ClN2OS. The van der Waals surface area contributed by atoms with Gasteiger partial charge in [-0.05, 0) is 36.6 Å². The third-order valence-corrected chi connectivity index (χ3v) is 5.71. The highest BCUT2D eigenvalue weighted by Crippen LogP contribution is 2.32. The standard InChI is InChI=1S/C17H28N2OS.ClH/c1-3-12(4-2)16(15-9-6-10-21-15)19-17(20)13-7-5-8-14(18)11-13;/h6,9-10,12-14,16H,3-5,7-8,11,18H2,1-2H3,(H,19,20);1H. The molecule has 1 amide bonds. The van der Waals surface area contributed by atoms with Crippen molar-refractivity contribution in [1.29, 1.82) is 0 Å². The van der Waals surface area contributed by atoms with Gasteiger partial charge in [-0.2, -0.15) is 0 Å². The monoisotopic (exact) mass is 344 g/mol. The second-order valence-corrected chi connectivity index (χ2v) is 7.18. The molecule has 1 aliphatic carbocycles. The lowest BCUT2D eigenvalue weighted by molar-refractivity contribution is -0.127. The van der Waals surface area contributed by atoms with Crippen LogP contribution in [0.4, 0.5) is 0 Å². The predicted molar refractivity (Wildman–Crippen MR) is 96.5 cm³/mol. The number of nitrogens with one attached hydrogen (secondary N) is 1. The molecule has 1 saturated carbocycles. The normalized spacial score (nSPS) is 22.9. The van der Waals surface area contributed by atoms with Crippen LogP contribution >= 0.6 is 23.7 Å². The molecule has 0 radical (unpaired) electrons. The van der Waals surface area contributed by atoms with Crippen molar-refractivity contribution < 1.29 is 4.79 Å². The Bertz CT molecular complexity index is 434. The molecule has 0 spiro atoms. The van der Waals surface area contributed by atoms with E-state index in [0.717, 1.165) is 38.5 Å². The van der Waals surface area contributed by atoms with Crippen LogP contribution in [0.2, 0.25) is 0 Å². The van der Waals surface area contributed by atoms with Gasteiger partial charge in [-0.3, -0.25) is 4.79 Å². The van der Waals surface area contributed by atoms with E-state index in [1.165, 1.54) is 4.88 Å². The number of nitrogens with two attached hydrogens (primary N) is 1. The zero-order chi connectivity index (χ0) is 15.2. The summed E-state index contributed by atoms with van der Waals surface area (Å²) in [6.07, 6.45) is 6.14. The van der Waals surface area contributed by atoms with Crippen molar-refractivity contribution in [2.75, 3.05) is 0 Å². The molecule has 0 aromatic carbocycles. The fraction of sp³-hybridized carbons (Fsp3) is 0.706. The molecule has 3 nitrogen and oxygen atoms in total. The average Bonchev–Trinajstić information content (AvgIpc) is 3.01. The summed E-state index contributed by atoms with van der Waals surface area (Å²) in [5.41, 5.74) is 6.02. The SMILES string of the molecule is CCC(CC)C(NC(=O)C1CCCC(N)C1)c1cccs1.Cl. The Morgan fingerprint density at radius 1 is 1.41 bits per heavy atom. The Labute approximate surface area is 144 Å². The van der Waals surface area contributed by atoms with Crippen molar-refractivity contribution in [3.8, 4) is 0 Å². The van der Waals surface area contributed by atoms with Crippen molar-refractivity contribution >= 4 is 29.7 Å². The molecule has 1 fully saturated rings. The molecule has 5 heteroatoms. The van der Waals surface area contributed by atoms with Crippen LogP contribution in [0.15, 0.2) is 17.5 Å². The van der Waals surface area contributed by atoms with Crippen LogP contribution in [0.25, 0.3) is 0 Å². The van der Waals surface area contributed by atoms with Gasteiger partial charge in [0.05, 0.1) is 6.04 Å². The lowest BCUT2D eigenvalue weighted by Crippen LogP contribution is -2.41. The maximum Gasteiger partial charge on any atom is 0.223 e. The number of hydrogen-bond acceptors (Lipinski definition) is 3. The van der Waals surface area contributed by atoms with Crippen LogP contribution in [0.3, 0.4) is 0 Å². The second-order valence-electron chi connectivity index (χ2n) is 6.20. The summed E-state index contributed by atoms with van der Waals surface area (Å²) in [5.74, 6) is 0.811. The Morgan fingerprint density at radius 3 is 2.68 bits per heavy atom. The first-order valence-electron chi connectivity index (χ1n) is 8.25. The lowest BCUT2D eigenvalue weighted by Gasteiger charge is -2.30. The third-order valence-electron chi connectivity index (χ3n) is 4.75. The van der Waals surface area contributed by atoms with Crippen LogP contribution < -0.4 is 11.1 Å². The van der Waals surface area contributed by atoms with E-state index in [2.05, 4.69) is 36.7 Å². The Balaban J connectivity index is 0.00000242. The topological polar surface area (TPSA) is 55.1 Å². The molecule has 1 aromatic rings. The van der Waals surface area contributed by atoms with Gasteiger partial charge in [0.25, 0.3) is 0 Å². The van der Waals surface area contributed by atoms with Gasteiger partial charge in [0, 0.05) is 16.8 Å². The maximum atomic E-state index is 12.6. The zero-order valence-corrected chi connectivity index (χ0v) is 15.2. The quantitative estimate of drug-likeness (QED) is 0.809. The van der Waals surface area contributed by atoms with Gasteiger partial charge in [0.15, 0.2) is 0 Å². The summed E-state index contributed by atoms with van der Waals surface area (Å²) in [5, 5.41) is 5.42. The first kappa shape index (κ1) is 19.5. The van der Waals surface area contributed by atoms with E-state index >= 15 is 0 Å². The van der Waals surface area contributed by atoms with Gasteiger partial charge in [-0.1, -0.05) is 39.2 Å². The van der Waals surface area contributed by atoms with Gasteiger partial charge in [0.1, 0.15) is 0 Å². The first-order valence-corrected chi connectivity index (χ1v) is 9.13. The Kier molecular flexibility index (Phi) is 8.44. The summed E-state index contributed by atoms with van der Waals surface area (Å²) in [6, 6.07) is 4.56. The average molecular weight is 345 g/mol. The Morgan fingerprint density at radius 2 is 2.14 bits per heavy atom. The van der Waals surface area contributed by atoms with Gasteiger partial charge >= 0.3 is 0 Å². The first-order chi connectivity index (χ1) is 10.2. The minimum absolute atomic E-state index is 0. The number of carbonyl (C=O) groups excluding carboxylic acids is 1. The van der Waals surface area contributed by atoms with Gasteiger partial charge in [-0.25, -0.2) is 0 Å². The molecule has 1 aromatic heterocycles. The number of carbonyl (C=O) groups is 1. The second kappa shape index (κ2) is 9.53. The number of rotatable bonds is 6. The highest BCUT2D eigenvalue weighted by atomic mass is 35.5.